The van der Waals surface area contributed by atoms with Gasteiger partial charge in [-0.2, -0.15) is 5.10 Å². The predicted octanol–water partition coefficient (Wildman–Crippen LogP) is 3.41. The van der Waals surface area contributed by atoms with E-state index in [0.717, 1.165) is 0 Å². The van der Waals surface area contributed by atoms with Crippen molar-refractivity contribution < 1.29 is 18.7 Å². The lowest BCUT2D eigenvalue weighted by atomic mass is 10.1. The molecule has 25 heavy (non-hydrogen) atoms. The molecule has 0 fully saturated rings. The molecule has 0 aliphatic heterocycles. The summed E-state index contributed by atoms with van der Waals surface area (Å²) in [5.74, 6) is -0.277. The smallest absolute Gasteiger partial charge is 0.339 e. The molecule has 0 aliphatic rings. The number of esters is 1. The minimum Gasteiger partial charge on any atom is -0.463 e. The number of ketones is 1. The van der Waals surface area contributed by atoms with Crippen LogP contribution in [0.15, 0.2) is 35.1 Å². The number of hydrogen-bond acceptors (Lipinski definition) is 6. The Hall–Kier alpha value is -2.96. The van der Waals surface area contributed by atoms with E-state index in [1.165, 1.54) is 13.2 Å². The molecule has 7 heteroatoms. The van der Waals surface area contributed by atoms with Gasteiger partial charge in [-0.1, -0.05) is 0 Å². The van der Waals surface area contributed by atoms with Crippen molar-refractivity contribution in [3.63, 3.8) is 0 Å². The summed E-state index contributed by atoms with van der Waals surface area (Å²) in [6.07, 6.45) is 2.31. The van der Waals surface area contributed by atoms with E-state index in [2.05, 4.69) is 10.1 Å². The number of hydrogen-bond donors (Lipinski definition) is 0. The standard InChI is InChI=1S/C18H19N3O4/c1-10(2)21-17-14(9-19-21)13(18(23)25-12(4)11(3)22)8-15(20-17)16-6-5-7-24-16/h5-10,12H,1-4H3. The van der Waals surface area contributed by atoms with Crippen LogP contribution in [0.25, 0.3) is 22.5 Å². The molecule has 0 saturated heterocycles. The number of rotatable bonds is 5. The molecule has 0 bridgehead atoms. The molecule has 0 N–H and O–H groups in total. The first-order chi connectivity index (χ1) is 11.9. The Morgan fingerprint density at radius 1 is 1.28 bits per heavy atom. The molecule has 0 amide bonds. The second-order valence-electron chi connectivity index (χ2n) is 6.11. The number of Topliss-reactive ketones (excluding diaryl/α,β-unsaturated/α-hetero) is 1. The molecule has 1 atom stereocenters. The quantitative estimate of drug-likeness (QED) is 0.661. The molecule has 0 aliphatic carbocycles. The zero-order valence-electron chi connectivity index (χ0n) is 14.5. The maximum atomic E-state index is 12.6. The SMILES string of the molecule is CC(=O)C(C)OC(=O)c1cc(-c2ccco2)nc2c1cnn2C(C)C. The largest absolute Gasteiger partial charge is 0.463 e. The first kappa shape index (κ1) is 16.9. The van der Waals surface area contributed by atoms with E-state index in [1.807, 2.05) is 13.8 Å². The maximum Gasteiger partial charge on any atom is 0.339 e. The van der Waals surface area contributed by atoms with E-state index in [9.17, 15) is 9.59 Å². The van der Waals surface area contributed by atoms with Crippen molar-refractivity contribution in [1.82, 2.24) is 14.8 Å². The summed E-state index contributed by atoms with van der Waals surface area (Å²) < 4.78 is 12.4. The van der Waals surface area contributed by atoms with E-state index in [0.29, 0.717) is 28.1 Å². The van der Waals surface area contributed by atoms with Crippen LogP contribution >= 0.6 is 0 Å². The summed E-state index contributed by atoms with van der Waals surface area (Å²) in [7, 11) is 0. The molecular formula is C18H19N3O4. The van der Waals surface area contributed by atoms with Crippen LogP contribution in [0, 0.1) is 0 Å². The van der Waals surface area contributed by atoms with E-state index < -0.39 is 12.1 Å². The molecule has 3 aromatic rings. The number of pyridine rings is 1. The number of aromatic nitrogens is 3. The van der Waals surface area contributed by atoms with E-state index >= 15 is 0 Å². The molecule has 3 rings (SSSR count). The first-order valence-corrected chi connectivity index (χ1v) is 8.02. The third-order valence-electron chi connectivity index (χ3n) is 3.91. The highest BCUT2D eigenvalue weighted by Crippen LogP contribution is 2.27. The summed E-state index contributed by atoms with van der Waals surface area (Å²) in [5, 5.41) is 4.90. The lowest BCUT2D eigenvalue weighted by molar-refractivity contribution is -0.124. The van der Waals surface area contributed by atoms with Crippen LogP contribution in [0.1, 0.15) is 44.1 Å². The molecule has 3 aromatic heterocycles. The molecule has 7 nitrogen and oxygen atoms in total. The molecule has 0 spiro atoms. The van der Waals surface area contributed by atoms with Crippen LogP contribution in [0.3, 0.4) is 0 Å². The number of carbonyl (C=O) groups is 2. The monoisotopic (exact) mass is 341 g/mol. The van der Waals surface area contributed by atoms with Crippen molar-refractivity contribution in [3.8, 4) is 11.5 Å². The number of fused-ring (bicyclic) bond motifs is 1. The molecule has 3 heterocycles. The van der Waals surface area contributed by atoms with Gasteiger partial charge in [0.1, 0.15) is 5.69 Å². The molecular weight excluding hydrogens is 322 g/mol. The van der Waals surface area contributed by atoms with Crippen LogP contribution in [-0.2, 0) is 9.53 Å². The van der Waals surface area contributed by atoms with E-state index in [1.54, 1.807) is 36.0 Å². The summed E-state index contributed by atoms with van der Waals surface area (Å²) in [6.45, 7) is 6.88. The molecule has 0 saturated carbocycles. The van der Waals surface area contributed by atoms with E-state index in [4.69, 9.17) is 9.15 Å². The van der Waals surface area contributed by atoms with Crippen molar-refractivity contribution >= 4 is 22.8 Å². The Morgan fingerprint density at radius 3 is 2.64 bits per heavy atom. The Kier molecular flexibility index (Phi) is 4.39. The Balaban J connectivity index is 2.16. The number of nitrogens with zero attached hydrogens (tertiary/aromatic N) is 3. The summed E-state index contributed by atoms with van der Waals surface area (Å²) >= 11 is 0. The Labute approximate surface area is 144 Å². The average Bonchev–Trinajstić information content (AvgIpc) is 3.22. The van der Waals surface area contributed by atoms with Gasteiger partial charge in [0.05, 0.1) is 23.4 Å². The highest BCUT2D eigenvalue weighted by Gasteiger charge is 2.22. The van der Waals surface area contributed by atoms with Gasteiger partial charge in [0.2, 0.25) is 0 Å². The average molecular weight is 341 g/mol. The second kappa shape index (κ2) is 6.51. The second-order valence-corrected chi connectivity index (χ2v) is 6.11. The van der Waals surface area contributed by atoms with Crippen molar-refractivity contribution in [2.24, 2.45) is 0 Å². The summed E-state index contributed by atoms with van der Waals surface area (Å²) in [5.41, 5.74) is 1.37. The molecule has 130 valence electrons. The molecule has 1 unspecified atom stereocenters. The third-order valence-corrected chi connectivity index (χ3v) is 3.91. The fourth-order valence-corrected chi connectivity index (χ4v) is 2.42. The van der Waals surface area contributed by atoms with E-state index in [-0.39, 0.29) is 11.8 Å². The van der Waals surface area contributed by atoms with Crippen molar-refractivity contribution in [2.75, 3.05) is 0 Å². The third kappa shape index (κ3) is 3.17. The van der Waals surface area contributed by atoms with Gasteiger partial charge in [-0.15, -0.1) is 0 Å². The first-order valence-electron chi connectivity index (χ1n) is 8.02. The summed E-state index contributed by atoms with van der Waals surface area (Å²) in [4.78, 5) is 28.6. The minimum absolute atomic E-state index is 0.0665. The predicted molar refractivity (Wildman–Crippen MR) is 91.2 cm³/mol. The van der Waals surface area contributed by atoms with Gasteiger partial charge in [-0.25, -0.2) is 14.5 Å². The highest BCUT2D eigenvalue weighted by molar-refractivity contribution is 6.04. The fourth-order valence-electron chi connectivity index (χ4n) is 2.42. The van der Waals surface area contributed by atoms with Crippen molar-refractivity contribution in [3.05, 3.63) is 36.2 Å². The Bertz CT molecular complexity index is 925. The zero-order chi connectivity index (χ0) is 18.1. The number of carbonyl (C=O) groups excluding carboxylic acids is 2. The molecule has 0 aromatic carbocycles. The topological polar surface area (TPSA) is 87.2 Å². The normalized spacial score (nSPS) is 12.5. The maximum absolute atomic E-state index is 12.6. The van der Waals surface area contributed by atoms with Crippen LogP contribution < -0.4 is 0 Å². The van der Waals surface area contributed by atoms with Crippen molar-refractivity contribution in [2.45, 2.75) is 39.8 Å². The van der Waals surface area contributed by atoms with Gasteiger partial charge in [-0.3, -0.25) is 4.79 Å². The van der Waals surface area contributed by atoms with Gasteiger partial charge >= 0.3 is 5.97 Å². The van der Waals surface area contributed by atoms with Gasteiger partial charge in [-0.05, 0) is 45.9 Å². The van der Waals surface area contributed by atoms with Gasteiger partial charge in [0.25, 0.3) is 0 Å². The van der Waals surface area contributed by atoms with Crippen LogP contribution in [0.2, 0.25) is 0 Å². The number of ether oxygens (including phenoxy) is 1. The summed E-state index contributed by atoms with van der Waals surface area (Å²) in [6, 6.07) is 5.17. The van der Waals surface area contributed by atoms with Crippen LogP contribution in [0.4, 0.5) is 0 Å². The van der Waals surface area contributed by atoms with Gasteiger partial charge in [0, 0.05) is 6.04 Å². The number of furan rings is 1. The van der Waals surface area contributed by atoms with Crippen molar-refractivity contribution in [1.29, 1.82) is 0 Å². The van der Waals surface area contributed by atoms with Crippen LogP contribution in [0.5, 0.6) is 0 Å². The highest BCUT2D eigenvalue weighted by atomic mass is 16.5. The Morgan fingerprint density at radius 2 is 2.04 bits per heavy atom. The molecule has 0 radical (unpaired) electrons. The van der Waals surface area contributed by atoms with Crippen LogP contribution in [-0.4, -0.2) is 32.6 Å². The lowest BCUT2D eigenvalue weighted by Gasteiger charge is -2.12. The zero-order valence-corrected chi connectivity index (χ0v) is 14.5. The minimum atomic E-state index is -0.817. The van der Waals surface area contributed by atoms with Gasteiger partial charge in [0.15, 0.2) is 23.3 Å². The van der Waals surface area contributed by atoms with Gasteiger partial charge < -0.3 is 9.15 Å². The lowest BCUT2D eigenvalue weighted by Crippen LogP contribution is -2.22. The fraction of sp³-hybridized carbons (Fsp3) is 0.333.